The molecule has 0 radical (unpaired) electrons. The lowest BCUT2D eigenvalue weighted by molar-refractivity contribution is 0.461. The molecule has 26 heavy (non-hydrogen) atoms. The lowest BCUT2D eigenvalue weighted by Crippen LogP contribution is -2.22. The van der Waals surface area contributed by atoms with E-state index < -0.39 is 0 Å². The zero-order chi connectivity index (χ0) is 17.5. The molecule has 0 saturated heterocycles. The second kappa shape index (κ2) is 10.8. The highest BCUT2D eigenvalue weighted by atomic mass is 127. The van der Waals surface area contributed by atoms with Gasteiger partial charge in [-0.15, -0.1) is 34.2 Å². The molecule has 3 N–H and O–H groups in total. The Labute approximate surface area is 176 Å². The van der Waals surface area contributed by atoms with Gasteiger partial charge in [-0.3, -0.25) is 4.99 Å². The van der Waals surface area contributed by atoms with Crippen LogP contribution in [0.1, 0.15) is 44.0 Å². The summed E-state index contributed by atoms with van der Waals surface area (Å²) >= 11 is 1.68. The number of thioether (sulfide) groups is 1. The maximum Gasteiger partial charge on any atom is 0.193 e. The van der Waals surface area contributed by atoms with Gasteiger partial charge in [-0.25, -0.2) is 0 Å². The second-order valence-electron chi connectivity index (χ2n) is 6.27. The lowest BCUT2D eigenvalue weighted by atomic mass is 10.2. The maximum atomic E-state index is 5.94. The first-order valence-electron chi connectivity index (χ1n) is 8.87. The van der Waals surface area contributed by atoms with Crippen LogP contribution in [0.2, 0.25) is 0 Å². The summed E-state index contributed by atoms with van der Waals surface area (Å²) in [6.07, 6.45) is 8.96. The van der Waals surface area contributed by atoms with Gasteiger partial charge < -0.3 is 15.6 Å². The molecule has 0 unspecified atom stereocenters. The minimum atomic E-state index is 0. The minimum Gasteiger partial charge on any atom is -0.370 e. The SMILES string of the molecule is CSc1nnc(CCCN=C(N)Nc2ccccc2)n1C1CCCC1.I. The predicted molar refractivity (Wildman–Crippen MR) is 120 cm³/mol. The van der Waals surface area contributed by atoms with Gasteiger partial charge in [0.15, 0.2) is 11.1 Å². The Morgan fingerprint density at radius 3 is 2.69 bits per heavy atom. The van der Waals surface area contributed by atoms with E-state index in [1.807, 2.05) is 30.3 Å². The summed E-state index contributed by atoms with van der Waals surface area (Å²) in [6.45, 7) is 0.678. The molecule has 1 heterocycles. The van der Waals surface area contributed by atoms with Crippen LogP contribution in [-0.4, -0.2) is 33.5 Å². The number of benzene rings is 1. The van der Waals surface area contributed by atoms with Gasteiger partial charge in [-0.2, -0.15) is 0 Å². The first-order chi connectivity index (χ1) is 12.3. The second-order valence-corrected chi connectivity index (χ2v) is 7.05. The van der Waals surface area contributed by atoms with Crippen molar-refractivity contribution in [3.05, 3.63) is 36.2 Å². The van der Waals surface area contributed by atoms with Gasteiger partial charge in [-0.1, -0.05) is 42.8 Å². The number of hydrogen-bond donors (Lipinski definition) is 2. The van der Waals surface area contributed by atoms with Gasteiger partial charge >= 0.3 is 0 Å². The maximum absolute atomic E-state index is 5.94. The van der Waals surface area contributed by atoms with Crippen LogP contribution in [-0.2, 0) is 6.42 Å². The number of nitrogens with one attached hydrogen (secondary N) is 1. The van der Waals surface area contributed by atoms with Crippen molar-refractivity contribution in [1.82, 2.24) is 14.8 Å². The Balaban J connectivity index is 0.00000243. The van der Waals surface area contributed by atoms with Crippen molar-refractivity contribution in [2.75, 3.05) is 18.1 Å². The first kappa shape index (κ1) is 21.0. The Hall–Kier alpha value is -1.29. The molecule has 0 amide bonds. The summed E-state index contributed by atoms with van der Waals surface area (Å²) in [6, 6.07) is 10.4. The van der Waals surface area contributed by atoms with Crippen molar-refractivity contribution in [2.45, 2.75) is 49.7 Å². The molecule has 0 aliphatic heterocycles. The van der Waals surface area contributed by atoms with Crippen molar-refractivity contribution >= 4 is 47.4 Å². The van der Waals surface area contributed by atoms with Gasteiger partial charge in [-0.05, 0) is 37.7 Å². The van der Waals surface area contributed by atoms with Gasteiger partial charge in [0.25, 0.3) is 0 Å². The van der Waals surface area contributed by atoms with Crippen LogP contribution in [0, 0.1) is 0 Å². The zero-order valence-corrected chi connectivity index (χ0v) is 18.2. The molecule has 142 valence electrons. The molecule has 1 aromatic carbocycles. The minimum absolute atomic E-state index is 0. The van der Waals surface area contributed by atoms with E-state index in [4.69, 9.17) is 5.73 Å². The standard InChI is InChI=1S/C18H26N6S.HI/c1-25-18-23-22-16(24(18)15-10-5-6-11-15)12-7-13-20-17(19)21-14-8-3-2-4-9-14;/h2-4,8-9,15H,5-7,10-13H2,1H3,(H3,19,20,21);1H. The van der Waals surface area contributed by atoms with E-state index in [1.165, 1.54) is 25.7 Å². The summed E-state index contributed by atoms with van der Waals surface area (Å²) in [5.74, 6) is 1.54. The van der Waals surface area contributed by atoms with Crippen LogP contribution in [0.15, 0.2) is 40.5 Å². The molecule has 0 spiro atoms. The van der Waals surface area contributed by atoms with Crippen molar-refractivity contribution in [3.8, 4) is 0 Å². The van der Waals surface area contributed by atoms with Crippen LogP contribution in [0.3, 0.4) is 0 Å². The van der Waals surface area contributed by atoms with Crippen molar-refractivity contribution in [1.29, 1.82) is 0 Å². The first-order valence-corrected chi connectivity index (χ1v) is 10.1. The van der Waals surface area contributed by atoms with Crippen LogP contribution >= 0.6 is 35.7 Å². The van der Waals surface area contributed by atoms with Crippen LogP contribution in [0.25, 0.3) is 0 Å². The molecule has 1 aromatic heterocycles. The number of hydrogen-bond acceptors (Lipinski definition) is 4. The highest BCUT2D eigenvalue weighted by Gasteiger charge is 2.23. The Morgan fingerprint density at radius 1 is 1.27 bits per heavy atom. The number of rotatable bonds is 7. The molecule has 0 bridgehead atoms. The fourth-order valence-corrected chi connectivity index (χ4v) is 3.87. The lowest BCUT2D eigenvalue weighted by Gasteiger charge is -2.16. The average molecular weight is 486 g/mol. The number of anilines is 1. The number of aromatic nitrogens is 3. The van der Waals surface area contributed by atoms with E-state index in [2.05, 4.69) is 31.3 Å². The highest BCUT2D eigenvalue weighted by Crippen LogP contribution is 2.33. The number of aryl methyl sites for hydroxylation is 1. The van der Waals surface area contributed by atoms with Crippen LogP contribution < -0.4 is 11.1 Å². The Morgan fingerprint density at radius 2 is 2.00 bits per heavy atom. The average Bonchev–Trinajstić information content (AvgIpc) is 3.28. The molecular weight excluding hydrogens is 459 g/mol. The predicted octanol–water partition coefficient (Wildman–Crippen LogP) is 4.09. The van der Waals surface area contributed by atoms with E-state index in [0.29, 0.717) is 18.5 Å². The zero-order valence-electron chi connectivity index (χ0n) is 15.1. The number of halogens is 1. The van der Waals surface area contributed by atoms with E-state index in [1.54, 1.807) is 11.8 Å². The summed E-state index contributed by atoms with van der Waals surface area (Å²) in [5.41, 5.74) is 6.90. The molecule has 2 aromatic rings. The van der Waals surface area contributed by atoms with E-state index >= 15 is 0 Å². The third-order valence-electron chi connectivity index (χ3n) is 4.49. The van der Waals surface area contributed by atoms with Crippen LogP contribution in [0.5, 0.6) is 0 Å². The summed E-state index contributed by atoms with van der Waals surface area (Å²) in [7, 11) is 0. The molecule has 1 aliphatic rings. The molecule has 3 rings (SSSR count). The molecule has 1 aliphatic carbocycles. The van der Waals surface area contributed by atoms with Gasteiger partial charge in [0.1, 0.15) is 5.82 Å². The Kier molecular flexibility index (Phi) is 8.70. The van der Waals surface area contributed by atoms with Gasteiger partial charge in [0.05, 0.1) is 0 Å². The highest BCUT2D eigenvalue weighted by molar-refractivity contribution is 14.0. The Bertz CT molecular complexity index is 697. The van der Waals surface area contributed by atoms with Crippen molar-refractivity contribution in [3.63, 3.8) is 0 Å². The quantitative estimate of drug-likeness (QED) is 0.203. The van der Waals surface area contributed by atoms with Gasteiger partial charge in [0.2, 0.25) is 0 Å². The molecule has 1 fully saturated rings. The third-order valence-corrected chi connectivity index (χ3v) is 5.14. The van der Waals surface area contributed by atoms with Gasteiger partial charge in [0, 0.05) is 24.7 Å². The fraction of sp³-hybridized carbons (Fsp3) is 0.500. The smallest absolute Gasteiger partial charge is 0.193 e. The summed E-state index contributed by atoms with van der Waals surface area (Å²) < 4.78 is 2.35. The summed E-state index contributed by atoms with van der Waals surface area (Å²) in [5, 5.41) is 12.9. The number of guanidine groups is 1. The number of para-hydroxylation sites is 1. The third kappa shape index (κ3) is 5.60. The van der Waals surface area contributed by atoms with E-state index in [-0.39, 0.29) is 24.0 Å². The number of aliphatic imine (C=N–C) groups is 1. The van der Waals surface area contributed by atoms with Crippen molar-refractivity contribution in [2.24, 2.45) is 10.7 Å². The normalized spacial score (nSPS) is 15.0. The fourth-order valence-electron chi connectivity index (χ4n) is 3.29. The molecular formula is C18H27IN6S. The largest absolute Gasteiger partial charge is 0.370 e. The number of nitrogens with zero attached hydrogens (tertiary/aromatic N) is 4. The topological polar surface area (TPSA) is 81.1 Å². The van der Waals surface area contributed by atoms with E-state index in [0.717, 1.165) is 29.5 Å². The molecule has 1 saturated carbocycles. The number of nitrogens with two attached hydrogens (primary N) is 1. The molecule has 6 nitrogen and oxygen atoms in total. The van der Waals surface area contributed by atoms with Crippen LogP contribution in [0.4, 0.5) is 5.69 Å². The van der Waals surface area contributed by atoms with E-state index in [9.17, 15) is 0 Å². The summed E-state index contributed by atoms with van der Waals surface area (Å²) in [4.78, 5) is 4.41. The monoisotopic (exact) mass is 486 g/mol. The molecule has 0 atom stereocenters. The van der Waals surface area contributed by atoms with Crippen molar-refractivity contribution < 1.29 is 0 Å². The molecule has 8 heteroatoms.